The molecule has 1 heterocycles. The zero-order valence-corrected chi connectivity index (χ0v) is 15.8. The Bertz CT molecular complexity index is 874. The molecular weight excluding hydrogens is 334 g/mol. The molecule has 27 heavy (non-hydrogen) atoms. The molecule has 0 amide bonds. The van der Waals surface area contributed by atoms with Gasteiger partial charge in [0.1, 0.15) is 0 Å². The number of piperidine rings is 1. The van der Waals surface area contributed by atoms with Crippen LogP contribution < -0.4 is 16.9 Å². The molecule has 0 radical (unpaired) electrons. The van der Waals surface area contributed by atoms with Crippen LogP contribution in [-0.2, 0) is 6.42 Å². The van der Waals surface area contributed by atoms with Gasteiger partial charge in [-0.15, -0.1) is 5.10 Å². The Labute approximate surface area is 160 Å². The number of allylic oxidation sites excluding steroid dienone is 1. The summed E-state index contributed by atoms with van der Waals surface area (Å²) < 4.78 is 0. The molecule has 1 aliphatic carbocycles. The van der Waals surface area contributed by atoms with E-state index in [2.05, 4.69) is 52.9 Å². The Morgan fingerprint density at radius 1 is 1.07 bits per heavy atom. The van der Waals surface area contributed by atoms with E-state index in [4.69, 9.17) is 11.6 Å². The van der Waals surface area contributed by atoms with Crippen molar-refractivity contribution in [3.8, 4) is 0 Å². The van der Waals surface area contributed by atoms with Crippen molar-refractivity contribution in [1.29, 1.82) is 0 Å². The van der Waals surface area contributed by atoms with Crippen molar-refractivity contribution in [2.24, 2.45) is 22.1 Å². The molecule has 0 atom stereocenters. The van der Waals surface area contributed by atoms with Crippen LogP contribution in [0.2, 0.25) is 0 Å². The van der Waals surface area contributed by atoms with E-state index in [0.717, 1.165) is 25.1 Å². The van der Waals surface area contributed by atoms with Crippen molar-refractivity contribution in [2.45, 2.75) is 19.3 Å². The van der Waals surface area contributed by atoms with Gasteiger partial charge in [-0.3, -0.25) is 0 Å². The second kappa shape index (κ2) is 7.18. The maximum Gasteiger partial charge on any atom is 0.152 e. The first kappa shape index (κ1) is 17.8. The predicted molar refractivity (Wildman–Crippen MR) is 111 cm³/mol. The number of hydrogen-bond donors (Lipinski definition) is 3. The Morgan fingerprint density at radius 3 is 2.48 bits per heavy atom. The quantitative estimate of drug-likeness (QED) is 0.340. The van der Waals surface area contributed by atoms with Crippen LogP contribution in [0, 0.1) is 5.41 Å². The molecule has 1 aliphatic heterocycles. The van der Waals surface area contributed by atoms with Crippen LogP contribution in [0.1, 0.15) is 35.1 Å². The fourth-order valence-electron chi connectivity index (χ4n) is 4.28. The van der Waals surface area contributed by atoms with Gasteiger partial charge in [0.15, 0.2) is 5.84 Å². The number of hydrogen-bond acceptors (Lipinski definition) is 4. The van der Waals surface area contributed by atoms with Crippen LogP contribution in [0.3, 0.4) is 0 Å². The third-order valence-corrected chi connectivity index (χ3v) is 5.66. The Hall–Kier alpha value is -2.63. The van der Waals surface area contributed by atoms with Crippen molar-refractivity contribution in [3.63, 3.8) is 0 Å². The van der Waals surface area contributed by atoms with Crippen LogP contribution >= 0.6 is 0 Å². The number of nitrogens with zero attached hydrogens (tertiary/aromatic N) is 2. The zero-order valence-electron chi connectivity index (χ0n) is 15.8. The number of nitrogens with two attached hydrogens (primary N) is 2. The lowest BCUT2D eigenvalue weighted by Crippen LogP contribution is -2.38. The average molecular weight is 361 g/mol. The van der Waals surface area contributed by atoms with E-state index in [1.807, 2.05) is 12.1 Å². The number of hydrazone groups is 1. The fourth-order valence-corrected chi connectivity index (χ4v) is 4.28. The van der Waals surface area contributed by atoms with E-state index in [-0.39, 0.29) is 5.41 Å². The molecule has 5 N–H and O–H groups in total. The first-order chi connectivity index (χ1) is 13.1. The van der Waals surface area contributed by atoms with E-state index in [1.165, 1.54) is 40.2 Å². The summed E-state index contributed by atoms with van der Waals surface area (Å²) in [6, 6.07) is 17.1. The summed E-state index contributed by atoms with van der Waals surface area (Å²) in [5.74, 6) is 5.98. The third kappa shape index (κ3) is 3.61. The van der Waals surface area contributed by atoms with Crippen molar-refractivity contribution in [2.75, 3.05) is 20.1 Å². The van der Waals surface area contributed by atoms with Crippen LogP contribution in [0.5, 0.6) is 0 Å². The molecule has 4 rings (SSSR count). The highest BCUT2D eigenvalue weighted by molar-refractivity contribution is 5.97. The standard InChI is InChI=1S/C22H27N5/c1-27(24)26-21(23)17-8-6-16(7-9-17)20-15-22(10-12-25-13-11-22)14-18-4-2-3-5-19(18)20/h2-9,15,25H,10-14,24H2,1H3,(H2,23,26). The van der Waals surface area contributed by atoms with Gasteiger partial charge >= 0.3 is 0 Å². The molecule has 140 valence electrons. The van der Waals surface area contributed by atoms with E-state index in [1.54, 1.807) is 7.05 Å². The SMILES string of the molecule is CN(N)/N=C(\N)c1ccc(C2=CC3(CCNCC3)Cc3ccccc32)cc1. The van der Waals surface area contributed by atoms with Crippen molar-refractivity contribution >= 4 is 11.4 Å². The number of hydrazine groups is 1. The second-order valence-corrected chi connectivity index (χ2v) is 7.64. The lowest BCUT2D eigenvalue weighted by molar-refractivity contribution is 0.268. The van der Waals surface area contributed by atoms with Gasteiger partial charge < -0.3 is 11.1 Å². The molecular formula is C22H27N5. The summed E-state index contributed by atoms with van der Waals surface area (Å²) in [6.07, 6.45) is 6.03. The number of nitrogens with one attached hydrogen (secondary N) is 1. The molecule has 0 unspecified atom stereocenters. The largest absolute Gasteiger partial charge is 0.382 e. The summed E-state index contributed by atoms with van der Waals surface area (Å²) >= 11 is 0. The number of rotatable bonds is 3. The van der Waals surface area contributed by atoms with Crippen LogP contribution in [0.15, 0.2) is 59.7 Å². The molecule has 2 aliphatic rings. The van der Waals surface area contributed by atoms with Gasteiger partial charge in [0, 0.05) is 12.6 Å². The average Bonchev–Trinajstić information content (AvgIpc) is 2.67. The van der Waals surface area contributed by atoms with Crippen molar-refractivity contribution < 1.29 is 0 Å². The highest BCUT2D eigenvalue weighted by Crippen LogP contribution is 2.44. The minimum absolute atomic E-state index is 0.260. The van der Waals surface area contributed by atoms with Crippen LogP contribution in [0.4, 0.5) is 0 Å². The molecule has 0 saturated carbocycles. The Balaban J connectivity index is 1.74. The molecule has 1 saturated heterocycles. The van der Waals surface area contributed by atoms with Gasteiger partial charge in [0.2, 0.25) is 0 Å². The van der Waals surface area contributed by atoms with Crippen LogP contribution in [0.25, 0.3) is 5.57 Å². The topological polar surface area (TPSA) is 79.7 Å². The number of fused-ring (bicyclic) bond motifs is 1. The molecule has 2 aromatic carbocycles. The predicted octanol–water partition coefficient (Wildman–Crippen LogP) is 2.47. The summed E-state index contributed by atoms with van der Waals surface area (Å²) in [4.78, 5) is 0. The highest BCUT2D eigenvalue weighted by Gasteiger charge is 2.34. The summed E-state index contributed by atoms with van der Waals surface area (Å²) in [6.45, 7) is 2.18. The maximum absolute atomic E-state index is 6.02. The maximum atomic E-state index is 6.02. The minimum atomic E-state index is 0.260. The molecule has 0 bridgehead atoms. The summed E-state index contributed by atoms with van der Waals surface area (Å²) in [5.41, 5.74) is 12.5. The molecule has 1 spiro atoms. The summed E-state index contributed by atoms with van der Waals surface area (Å²) in [5, 5.41) is 8.80. The molecule has 1 fully saturated rings. The zero-order chi connectivity index (χ0) is 18.9. The van der Waals surface area contributed by atoms with Gasteiger partial charge in [-0.25, -0.2) is 11.0 Å². The monoisotopic (exact) mass is 361 g/mol. The Kier molecular flexibility index (Phi) is 4.72. The number of amidine groups is 1. The van der Waals surface area contributed by atoms with Crippen molar-refractivity contribution in [3.05, 3.63) is 76.9 Å². The van der Waals surface area contributed by atoms with Gasteiger partial charge in [-0.05, 0) is 60.0 Å². The van der Waals surface area contributed by atoms with E-state index < -0.39 is 0 Å². The van der Waals surface area contributed by atoms with Gasteiger partial charge in [-0.2, -0.15) is 0 Å². The van der Waals surface area contributed by atoms with E-state index in [9.17, 15) is 0 Å². The molecule has 5 heteroatoms. The molecule has 2 aromatic rings. The second-order valence-electron chi connectivity index (χ2n) is 7.64. The van der Waals surface area contributed by atoms with Crippen LogP contribution in [-0.4, -0.2) is 31.1 Å². The lowest BCUT2D eigenvalue weighted by Gasteiger charge is -2.39. The summed E-state index contributed by atoms with van der Waals surface area (Å²) in [7, 11) is 1.66. The van der Waals surface area contributed by atoms with Gasteiger partial charge in [-0.1, -0.05) is 54.6 Å². The molecule has 5 nitrogen and oxygen atoms in total. The Morgan fingerprint density at radius 2 is 1.78 bits per heavy atom. The third-order valence-electron chi connectivity index (χ3n) is 5.66. The van der Waals surface area contributed by atoms with E-state index >= 15 is 0 Å². The number of benzene rings is 2. The van der Waals surface area contributed by atoms with Crippen molar-refractivity contribution in [1.82, 2.24) is 10.4 Å². The fraction of sp³-hybridized carbons (Fsp3) is 0.318. The first-order valence-electron chi connectivity index (χ1n) is 9.52. The molecule has 0 aromatic heterocycles. The van der Waals surface area contributed by atoms with E-state index in [0.29, 0.717) is 5.84 Å². The van der Waals surface area contributed by atoms with Gasteiger partial charge in [0.05, 0.1) is 0 Å². The normalized spacial score (nSPS) is 18.7. The van der Waals surface area contributed by atoms with Gasteiger partial charge in [0.25, 0.3) is 0 Å². The lowest BCUT2D eigenvalue weighted by atomic mass is 9.67. The minimum Gasteiger partial charge on any atom is -0.382 e. The highest BCUT2D eigenvalue weighted by atomic mass is 15.6. The smallest absolute Gasteiger partial charge is 0.152 e. The first-order valence-corrected chi connectivity index (χ1v) is 9.52.